The molecule has 196 valence electrons. The summed E-state index contributed by atoms with van der Waals surface area (Å²) in [6, 6.07) is 0. The summed E-state index contributed by atoms with van der Waals surface area (Å²) in [6.07, 6.45) is 7.49. The van der Waals surface area contributed by atoms with Crippen molar-refractivity contribution in [1.29, 1.82) is 0 Å². The molecule has 4 N–H and O–H groups in total. The van der Waals surface area contributed by atoms with E-state index < -0.39 is 23.9 Å². The molecule has 0 amide bonds. The van der Waals surface area contributed by atoms with Crippen LogP contribution in [-0.2, 0) is 0 Å². The van der Waals surface area contributed by atoms with Gasteiger partial charge in [0.25, 0.3) is 0 Å². The molecule has 0 aromatic rings. The smallest absolute Gasteiger partial charge is 0.0852 e. The molecule has 4 saturated carbocycles. The monoisotopic (exact) mass is 476 g/mol. The van der Waals surface area contributed by atoms with Crippen LogP contribution in [0.5, 0.6) is 0 Å². The first-order valence-electron chi connectivity index (χ1n) is 13.9. The maximum absolute atomic E-state index is 11.8. The summed E-state index contributed by atoms with van der Waals surface area (Å²) in [4.78, 5) is 0. The number of aliphatic hydroxyl groups excluding tert-OH is 3. The lowest BCUT2D eigenvalue weighted by Crippen LogP contribution is -2.68. The number of hydrogen-bond donors (Lipinski definition) is 4. The Morgan fingerprint density at radius 1 is 0.912 bits per heavy atom. The van der Waals surface area contributed by atoms with Gasteiger partial charge in [0, 0.05) is 0 Å². The van der Waals surface area contributed by atoms with Gasteiger partial charge in [-0.05, 0) is 117 Å². The lowest BCUT2D eigenvalue weighted by atomic mass is 9.35. The highest BCUT2D eigenvalue weighted by molar-refractivity contribution is 5.20. The predicted molar refractivity (Wildman–Crippen MR) is 137 cm³/mol. The first kappa shape index (κ1) is 26.6. The number of allylic oxidation sites excluding steroid dienone is 2. The molecule has 0 aromatic carbocycles. The fraction of sp³-hybridized carbons (Fsp3) is 0.933. The summed E-state index contributed by atoms with van der Waals surface area (Å²) in [7, 11) is 0. The Labute approximate surface area is 208 Å². The van der Waals surface area contributed by atoms with E-state index in [0.717, 1.165) is 44.9 Å². The van der Waals surface area contributed by atoms with Gasteiger partial charge in [-0.2, -0.15) is 0 Å². The minimum atomic E-state index is -0.785. The molecule has 0 heterocycles. The van der Waals surface area contributed by atoms with Gasteiger partial charge in [-0.15, -0.1) is 0 Å². The van der Waals surface area contributed by atoms with Crippen LogP contribution in [0, 0.1) is 45.3 Å². The van der Waals surface area contributed by atoms with E-state index in [1.54, 1.807) is 0 Å². The Bertz CT molecular complexity index is 813. The number of hydrogen-bond acceptors (Lipinski definition) is 4. The lowest BCUT2D eigenvalue weighted by molar-refractivity contribution is -0.263. The fourth-order valence-electron chi connectivity index (χ4n) is 10.4. The predicted octanol–water partition coefficient (Wildman–Crippen LogP) is 5.47. The summed E-state index contributed by atoms with van der Waals surface area (Å²) >= 11 is 0. The van der Waals surface area contributed by atoms with Gasteiger partial charge in [0.05, 0.1) is 23.9 Å². The topological polar surface area (TPSA) is 80.9 Å². The van der Waals surface area contributed by atoms with Gasteiger partial charge in [-0.25, -0.2) is 0 Å². The van der Waals surface area contributed by atoms with Crippen molar-refractivity contribution in [3.63, 3.8) is 0 Å². The van der Waals surface area contributed by atoms with Crippen molar-refractivity contribution in [2.75, 3.05) is 0 Å². The average molecular weight is 477 g/mol. The Morgan fingerprint density at radius 2 is 1.53 bits per heavy atom. The molecule has 11 atom stereocenters. The Kier molecular flexibility index (Phi) is 6.50. The normalized spacial score (nSPS) is 51.6. The van der Waals surface area contributed by atoms with E-state index in [1.165, 1.54) is 5.57 Å². The molecular weight excluding hydrogens is 424 g/mol. The molecule has 4 fully saturated rings. The van der Waals surface area contributed by atoms with Crippen molar-refractivity contribution in [2.24, 2.45) is 45.3 Å². The first-order valence-corrected chi connectivity index (χ1v) is 13.9. The summed E-state index contributed by atoms with van der Waals surface area (Å²) in [5.41, 5.74) is 0.0438. The summed E-state index contributed by atoms with van der Waals surface area (Å²) in [6.45, 7) is 17.7. The quantitative estimate of drug-likeness (QED) is 0.406. The highest BCUT2D eigenvalue weighted by Gasteiger charge is 2.71. The molecular formula is C30H52O4. The molecule has 4 rings (SSSR count). The third kappa shape index (κ3) is 3.60. The summed E-state index contributed by atoms with van der Waals surface area (Å²) in [5, 5.41) is 45.2. The fourth-order valence-corrected chi connectivity index (χ4v) is 10.4. The molecule has 0 radical (unpaired) electrons. The number of fused-ring (bicyclic) bond motifs is 5. The average Bonchev–Trinajstić information content (AvgIpc) is 3.09. The highest BCUT2D eigenvalue weighted by Crippen LogP contribution is 2.75. The third-order valence-electron chi connectivity index (χ3n) is 12.3. The van der Waals surface area contributed by atoms with E-state index in [1.807, 2.05) is 6.92 Å². The van der Waals surface area contributed by atoms with Gasteiger partial charge in [-0.3, -0.25) is 0 Å². The second kappa shape index (κ2) is 8.30. The van der Waals surface area contributed by atoms with E-state index in [0.29, 0.717) is 18.3 Å². The van der Waals surface area contributed by atoms with Crippen molar-refractivity contribution in [1.82, 2.24) is 0 Å². The van der Waals surface area contributed by atoms with Gasteiger partial charge in [-0.1, -0.05) is 46.3 Å². The molecule has 0 aromatic heterocycles. The molecule has 5 unspecified atom stereocenters. The van der Waals surface area contributed by atoms with Gasteiger partial charge < -0.3 is 20.4 Å². The zero-order valence-electron chi connectivity index (χ0n) is 23.1. The number of rotatable bonds is 4. The second-order valence-electron chi connectivity index (χ2n) is 14.7. The van der Waals surface area contributed by atoms with Gasteiger partial charge in [0.15, 0.2) is 0 Å². The van der Waals surface area contributed by atoms with Crippen molar-refractivity contribution in [2.45, 2.75) is 131 Å². The summed E-state index contributed by atoms with van der Waals surface area (Å²) < 4.78 is 0. The van der Waals surface area contributed by atoms with Gasteiger partial charge >= 0.3 is 0 Å². The third-order valence-corrected chi connectivity index (χ3v) is 12.3. The molecule has 4 nitrogen and oxygen atoms in total. The number of aliphatic hydroxyl groups is 4. The van der Waals surface area contributed by atoms with E-state index in [4.69, 9.17) is 0 Å². The molecule has 0 bridgehead atoms. The Morgan fingerprint density at radius 3 is 2.15 bits per heavy atom. The van der Waals surface area contributed by atoms with Crippen LogP contribution in [0.4, 0.5) is 0 Å². The Balaban J connectivity index is 1.68. The minimum Gasteiger partial charge on any atom is -0.393 e. The van der Waals surface area contributed by atoms with Crippen LogP contribution >= 0.6 is 0 Å². The lowest BCUT2D eigenvalue weighted by Gasteiger charge is -2.71. The standard InChI is InChI=1S/C30H52O4/c1-18(2)10-9-13-30(8,34)19-11-14-29(7)24(19)20(31)16-23-27(5)17-21(32)25(33)26(3,4)22(27)12-15-28(23,29)6/h10,19-25,31-34H,9,11-17H2,1-8H3/t19?,20-,21-,22?,23?,24?,25?,27+,28-,29-,30+/m1/s1. The van der Waals surface area contributed by atoms with E-state index >= 15 is 0 Å². The van der Waals surface area contributed by atoms with Crippen LogP contribution in [0.1, 0.15) is 107 Å². The van der Waals surface area contributed by atoms with Crippen LogP contribution < -0.4 is 0 Å². The molecule has 4 aliphatic carbocycles. The van der Waals surface area contributed by atoms with E-state index in [-0.39, 0.29) is 33.5 Å². The van der Waals surface area contributed by atoms with Crippen molar-refractivity contribution in [3.8, 4) is 0 Å². The first-order chi connectivity index (χ1) is 15.5. The molecule has 0 spiro atoms. The maximum atomic E-state index is 11.8. The molecule has 4 heteroatoms. The molecule has 4 aliphatic rings. The molecule has 34 heavy (non-hydrogen) atoms. The SMILES string of the molecule is CC(C)=CCC[C@](C)(O)C1CC[C@]2(C)C1[C@H](O)CC1[C@@]3(C)C[C@@H](O)C(O)C(C)(C)C3CC[C@]12C. The van der Waals surface area contributed by atoms with Crippen molar-refractivity contribution in [3.05, 3.63) is 11.6 Å². The zero-order chi connectivity index (χ0) is 25.5. The maximum Gasteiger partial charge on any atom is 0.0852 e. The van der Waals surface area contributed by atoms with Crippen molar-refractivity contribution < 1.29 is 20.4 Å². The van der Waals surface area contributed by atoms with Crippen molar-refractivity contribution >= 4 is 0 Å². The second-order valence-corrected chi connectivity index (χ2v) is 14.7. The van der Waals surface area contributed by atoms with Crippen LogP contribution in [-0.4, -0.2) is 44.3 Å². The largest absolute Gasteiger partial charge is 0.393 e. The van der Waals surface area contributed by atoms with Gasteiger partial charge in [0.1, 0.15) is 0 Å². The molecule has 0 saturated heterocycles. The van der Waals surface area contributed by atoms with Gasteiger partial charge in [0.2, 0.25) is 0 Å². The van der Waals surface area contributed by atoms with E-state index in [9.17, 15) is 20.4 Å². The molecule has 0 aliphatic heterocycles. The Hall–Kier alpha value is -0.420. The van der Waals surface area contributed by atoms with E-state index in [2.05, 4.69) is 54.5 Å². The summed E-state index contributed by atoms with van der Waals surface area (Å²) in [5.74, 6) is 0.832. The van der Waals surface area contributed by atoms with Crippen LogP contribution in [0.25, 0.3) is 0 Å². The van der Waals surface area contributed by atoms with Crippen LogP contribution in [0.15, 0.2) is 11.6 Å². The zero-order valence-corrected chi connectivity index (χ0v) is 23.1. The minimum absolute atomic E-state index is 0.0420. The van der Waals surface area contributed by atoms with Crippen LogP contribution in [0.2, 0.25) is 0 Å². The highest BCUT2D eigenvalue weighted by atomic mass is 16.3. The van der Waals surface area contributed by atoms with Crippen LogP contribution in [0.3, 0.4) is 0 Å².